The van der Waals surface area contributed by atoms with E-state index in [1.807, 2.05) is 19.0 Å². The Morgan fingerprint density at radius 3 is 2.28 bits per heavy atom. The van der Waals surface area contributed by atoms with Gasteiger partial charge < -0.3 is 25.6 Å². The number of carbonyl (C=O) groups is 3. The van der Waals surface area contributed by atoms with Crippen molar-refractivity contribution in [2.24, 2.45) is 5.73 Å². The van der Waals surface area contributed by atoms with Crippen LogP contribution in [0.15, 0.2) is 29.1 Å². The Bertz CT molecular complexity index is 937. The number of thiophene rings is 1. The van der Waals surface area contributed by atoms with E-state index in [-0.39, 0.29) is 5.69 Å². The van der Waals surface area contributed by atoms with E-state index < -0.39 is 23.6 Å². The number of nitrogens with two attached hydrogens (primary N) is 1. The van der Waals surface area contributed by atoms with Crippen LogP contribution in [0.1, 0.15) is 36.8 Å². The molecule has 0 atom stereocenters. The molecule has 2 heterocycles. The van der Waals surface area contributed by atoms with Crippen molar-refractivity contribution < 1.29 is 19.1 Å². The van der Waals surface area contributed by atoms with Gasteiger partial charge >= 0.3 is 12.1 Å². The van der Waals surface area contributed by atoms with Crippen molar-refractivity contribution in [3.05, 3.63) is 40.3 Å². The normalized spacial score (nSPS) is 11.2. The maximum Gasteiger partial charge on any atom is 0.412 e. The SMILES string of the molecule is CN(C)CCN(Cc1ccc(C(=O)Nc2cscc2NC(=O)OC(C)(C)C)nc1)C(N)=O. The zero-order chi connectivity index (χ0) is 23.9. The lowest BCUT2D eigenvalue weighted by atomic mass is 10.2. The molecule has 0 radical (unpaired) electrons. The molecule has 2 aromatic heterocycles. The highest BCUT2D eigenvalue weighted by molar-refractivity contribution is 7.09. The molecule has 0 aromatic carbocycles. The van der Waals surface area contributed by atoms with Crippen LogP contribution in [0.2, 0.25) is 0 Å². The minimum Gasteiger partial charge on any atom is -0.444 e. The number of primary amides is 1. The van der Waals surface area contributed by atoms with Crippen LogP contribution in [-0.4, -0.2) is 65.6 Å². The van der Waals surface area contributed by atoms with E-state index in [0.717, 1.165) is 5.56 Å². The second-order valence-corrected chi connectivity index (χ2v) is 9.14. The van der Waals surface area contributed by atoms with Gasteiger partial charge in [-0.3, -0.25) is 15.1 Å². The number of carbonyl (C=O) groups excluding carboxylic acids is 3. The van der Waals surface area contributed by atoms with E-state index >= 15 is 0 Å². The summed E-state index contributed by atoms with van der Waals surface area (Å²) in [5.41, 5.74) is 6.65. The molecule has 0 aliphatic heterocycles. The van der Waals surface area contributed by atoms with Gasteiger partial charge in [-0.15, -0.1) is 11.3 Å². The predicted octanol–water partition coefficient (Wildman–Crippen LogP) is 3.18. The topological polar surface area (TPSA) is 130 Å². The van der Waals surface area contributed by atoms with Gasteiger partial charge in [-0.1, -0.05) is 6.07 Å². The minimum absolute atomic E-state index is 0.196. The van der Waals surface area contributed by atoms with E-state index in [1.165, 1.54) is 22.4 Å². The van der Waals surface area contributed by atoms with E-state index in [0.29, 0.717) is 31.0 Å². The van der Waals surface area contributed by atoms with Crippen molar-refractivity contribution in [2.75, 3.05) is 37.8 Å². The van der Waals surface area contributed by atoms with Crippen molar-refractivity contribution >= 4 is 40.7 Å². The number of amides is 4. The van der Waals surface area contributed by atoms with Crippen LogP contribution in [0, 0.1) is 0 Å². The van der Waals surface area contributed by atoms with Crippen molar-refractivity contribution in [2.45, 2.75) is 32.9 Å². The van der Waals surface area contributed by atoms with Gasteiger partial charge in [0, 0.05) is 36.6 Å². The highest BCUT2D eigenvalue weighted by Gasteiger charge is 2.19. The number of nitrogens with zero attached hydrogens (tertiary/aromatic N) is 3. The Labute approximate surface area is 191 Å². The van der Waals surface area contributed by atoms with Crippen molar-refractivity contribution in [3.8, 4) is 0 Å². The fourth-order valence-electron chi connectivity index (χ4n) is 2.55. The van der Waals surface area contributed by atoms with Gasteiger partial charge in [0.25, 0.3) is 5.91 Å². The van der Waals surface area contributed by atoms with Gasteiger partial charge in [0.05, 0.1) is 11.4 Å². The molecule has 4 N–H and O–H groups in total. The zero-order valence-electron chi connectivity index (χ0n) is 19.0. The molecule has 0 spiro atoms. The summed E-state index contributed by atoms with van der Waals surface area (Å²) >= 11 is 1.32. The van der Waals surface area contributed by atoms with E-state index in [4.69, 9.17) is 10.5 Å². The smallest absolute Gasteiger partial charge is 0.412 e. The minimum atomic E-state index is -0.633. The summed E-state index contributed by atoms with van der Waals surface area (Å²) in [7, 11) is 3.83. The maximum atomic E-state index is 12.6. The van der Waals surface area contributed by atoms with Crippen LogP contribution >= 0.6 is 11.3 Å². The summed E-state index contributed by atoms with van der Waals surface area (Å²) in [5.74, 6) is -0.429. The van der Waals surface area contributed by atoms with Gasteiger partial charge in [0.15, 0.2) is 0 Å². The van der Waals surface area contributed by atoms with Crippen LogP contribution in [0.5, 0.6) is 0 Å². The number of nitrogens with one attached hydrogen (secondary N) is 2. The summed E-state index contributed by atoms with van der Waals surface area (Å²) in [5, 5.41) is 8.76. The molecule has 0 fully saturated rings. The molecule has 0 bridgehead atoms. The lowest BCUT2D eigenvalue weighted by Crippen LogP contribution is -2.39. The lowest BCUT2D eigenvalue weighted by molar-refractivity contribution is 0.0635. The van der Waals surface area contributed by atoms with Gasteiger partial charge in [0.2, 0.25) is 0 Å². The van der Waals surface area contributed by atoms with Crippen LogP contribution in [-0.2, 0) is 11.3 Å². The van der Waals surface area contributed by atoms with Gasteiger partial charge in [-0.05, 0) is 46.5 Å². The molecule has 0 unspecified atom stereocenters. The van der Waals surface area contributed by atoms with Crippen LogP contribution in [0.25, 0.3) is 0 Å². The first-order valence-corrected chi connectivity index (χ1v) is 10.9. The second-order valence-electron chi connectivity index (χ2n) is 8.39. The third kappa shape index (κ3) is 8.16. The van der Waals surface area contributed by atoms with E-state index in [2.05, 4.69) is 15.6 Å². The number of anilines is 2. The molecule has 2 rings (SSSR count). The lowest BCUT2D eigenvalue weighted by Gasteiger charge is -2.22. The summed E-state index contributed by atoms with van der Waals surface area (Å²) in [6, 6.07) is 2.78. The Hall–Kier alpha value is -3.18. The number of rotatable bonds is 8. The molecule has 0 aliphatic rings. The number of likely N-dealkylation sites (N-methyl/N-ethyl adjacent to an activating group) is 1. The van der Waals surface area contributed by atoms with Gasteiger partial charge in [-0.25, -0.2) is 9.59 Å². The molecular formula is C21H30N6O4S. The molecule has 4 amide bonds. The molecule has 11 heteroatoms. The van der Waals surface area contributed by atoms with Crippen LogP contribution in [0.4, 0.5) is 21.0 Å². The van der Waals surface area contributed by atoms with Crippen LogP contribution < -0.4 is 16.4 Å². The Balaban J connectivity index is 2.00. The number of ether oxygens (including phenoxy) is 1. The molecule has 32 heavy (non-hydrogen) atoms. The summed E-state index contributed by atoms with van der Waals surface area (Å²) < 4.78 is 5.24. The van der Waals surface area contributed by atoms with Gasteiger partial charge in [-0.2, -0.15) is 0 Å². The second kappa shape index (κ2) is 10.9. The molecule has 2 aromatic rings. The number of urea groups is 1. The van der Waals surface area contributed by atoms with Crippen molar-refractivity contribution in [3.63, 3.8) is 0 Å². The summed E-state index contributed by atoms with van der Waals surface area (Å²) in [4.78, 5) is 43.9. The highest BCUT2D eigenvalue weighted by atomic mass is 32.1. The average molecular weight is 463 g/mol. The van der Waals surface area contributed by atoms with Gasteiger partial charge in [0.1, 0.15) is 11.3 Å². The molecule has 0 saturated heterocycles. The fraction of sp³-hybridized carbons (Fsp3) is 0.429. The van der Waals surface area contributed by atoms with E-state index in [1.54, 1.807) is 43.7 Å². The highest BCUT2D eigenvalue weighted by Crippen LogP contribution is 2.27. The van der Waals surface area contributed by atoms with Crippen molar-refractivity contribution in [1.82, 2.24) is 14.8 Å². The molecule has 0 saturated carbocycles. The largest absolute Gasteiger partial charge is 0.444 e. The fourth-order valence-corrected chi connectivity index (χ4v) is 3.26. The summed E-state index contributed by atoms with van der Waals surface area (Å²) in [6.45, 7) is 6.76. The number of hydrogen-bond acceptors (Lipinski definition) is 7. The first-order valence-electron chi connectivity index (χ1n) is 9.96. The monoisotopic (exact) mass is 462 g/mol. The summed E-state index contributed by atoms with van der Waals surface area (Å²) in [6.07, 6.45) is 0.927. The number of pyridine rings is 1. The maximum absolute atomic E-state index is 12.6. The third-order valence-corrected chi connectivity index (χ3v) is 4.85. The quantitative estimate of drug-likeness (QED) is 0.552. The number of aromatic nitrogens is 1. The van der Waals surface area contributed by atoms with Crippen molar-refractivity contribution in [1.29, 1.82) is 0 Å². The molecule has 10 nitrogen and oxygen atoms in total. The first-order chi connectivity index (χ1) is 14.9. The predicted molar refractivity (Wildman–Crippen MR) is 125 cm³/mol. The van der Waals surface area contributed by atoms with Crippen LogP contribution in [0.3, 0.4) is 0 Å². The molecule has 174 valence electrons. The zero-order valence-corrected chi connectivity index (χ0v) is 19.8. The number of hydrogen-bond donors (Lipinski definition) is 3. The molecular weight excluding hydrogens is 432 g/mol. The first kappa shape index (κ1) is 25.1. The third-order valence-electron chi connectivity index (χ3n) is 4.11. The Kier molecular flexibility index (Phi) is 8.56. The standard InChI is InChI=1S/C21H30N6O4S/c1-21(2,3)31-20(30)25-17-13-32-12-16(17)24-18(28)15-7-6-14(10-23-15)11-27(19(22)29)9-8-26(4)5/h6-7,10,12-13H,8-9,11H2,1-5H3,(H2,22,29)(H,24,28)(H,25,30). The Morgan fingerprint density at radius 1 is 1.09 bits per heavy atom. The Morgan fingerprint density at radius 2 is 1.75 bits per heavy atom. The average Bonchev–Trinajstić information content (AvgIpc) is 3.10. The van der Waals surface area contributed by atoms with E-state index in [9.17, 15) is 14.4 Å². The molecule has 0 aliphatic carbocycles.